The van der Waals surface area contributed by atoms with Crippen LogP contribution in [0.5, 0.6) is 0 Å². The molecule has 0 fully saturated rings. The molecule has 2 amide bonds. The highest BCUT2D eigenvalue weighted by Gasteiger charge is 2.25. The molecule has 0 aliphatic carbocycles. The first-order valence-corrected chi connectivity index (χ1v) is 11.1. The largest absolute Gasteiger partial charge is 0.342 e. The van der Waals surface area contributed by atoms with Crippen molar-refractivity contribution >= 4 is 29.3 Å². The minimum absolute atomic E-state index is 0.0862. The monoisotopic (exact) mass is 448 g/mol. The summed E-state index contributed by atoms with van der Waals surface area (Å²) in [6, 6.07) is 17.4. The topological polar surface area (TPSA) is 113 Å². The fourth-order valence-electron chi connectivity index (χ4n) is 3.02. The van der Waals surface area contributed by atoms with Gasteiger partial charge in [0.1, 0.15) is 0 Å². The number of carbonyl (C=O) groups is 2. The normalized spacial score (nSPS) is 11.6. The molecule has 1 atom stereocenters. The fraction of sp³-hybridized carbons (Fsp3) is 0.261. The fourth-order valence-corrected chi connectivity index (χ4v) is 3.74. The van der Waals surface area contributed by atoms with E-state index in [0.717, 1.165) is 0 Å². The molecule has 1 heterocycles. The Hall–Kier alpha value is -3.64. The van der Waals surface area contributed by atoms with Crippen LogP contribution in [-0.4, -0.2) is 32.3 Å². The van der Waals surface area contributed by atoms with Crippen LogP contribution in [0.1, 0.15) is 41.6 Å². The van der Waals surface area contributed by atoms with Crippen molar-refractivity contribution in [3.8, 4) is 6.07 Å². The third kappa shape index (κ3) is 5.74. The number of carbonyl (C=O) groups excluding carboxylic acids is 2. The second-order valence-electron chi connectivity index (χ2n) is 7.49. The second-order valence-corrected chi connectivity index (χ2v) is 8.43. The molecule has 3 rings (SSSR count). The molecule has 8 nitrogen and oxygen atoms in total. The highest BCUT2D eigenvalue weighted by atomic mass is 32.2. The first-order valence-electron chi connectivity index (χ1n) is 10.1. The molecular weight excluding hydrogens is 424 g/mol. The Kier molecular flexibility index (Phi) is 7.63. The van der Waals surface area contributed by atoms with E-state index in [4.69, 9.17) is 5.26 Å². The summed E-state index contributed by atoms with van der Waals surface area (Å²) >= 11 is 1.26. The Balaban J connectivity index is 1.64. The molecule has 1 unspecified atom stereocenters. The lowest BCUT2D eigenvalue weighted by Gasteiger charge is -2.21. The molecule has 0 saturated heterocycles. The van der Waals surface area contributed by atoms with Gasteiger partial charge in [0.2, 0.25) is 5.91 Å². The third-order valence-electron chi connectivity index (χ3n) is 4.77. The summed E-state index contributed by atoms with van der Waals surface area (Å²) in [5.41, 5.74) is 1.73. The van der Waals surface area contributed by atoms with E-state index < -0.39 is 0 Å². The lowest BCUT2D eigenvalue weighted by molar-refractivity contribution is -0.113. The summed E-state index contributed by atoms with van der Waals surface area (Å²) in [6.07, 6.45) is 0. The molecule has 0 aliphatic rings. The summed E-state index contributed by atoms with van der Waals surface area (Å²) in [5.74, 6) is 0.488. The maximum absolute atomic E-state index is 12.6. The maximum atomic E-state index is 12.6. The number of nitriles is 1. The minimum Gasteiger partial charge on any atom is -0.342 e. The predicted molar refractivity (Wildman–Crippen MR) is 123 cm³/mol. The van der Waals surface area contributed by atoms with Gasteiger partial charge < -0.3 is 15.2 Å². The zero-order valence-electron chi connectivity index (χ0n) is 18.1. The van der Waals surface area contributed by atoms with E-state index in [1.54, 1.807) is 41.0 Å². The van der Waals surface area contributed by atoms with Crippen molar-refractivity contribution in [2.24, 2.45) is 13.0 Å². The van der Waals surface area contributed by atoms with Crippen molar-refractivity contribution in [2.45, 2.75) is 25.0 Å². The zero-order valence-corrected chi connectivity index (χ0v) is 18.9. The number of rotatable bonds is 8. The van der Waals surface area contributed by atoms with Crippen LogP contribution in [-0.2, 0) is 11.8 Å². The molecule has 164 valence electrons. The van der Waals surface area contributed by atoms with Crippen molar-refractivity contribution in [3.05, 3.63) is 71.5 Å². The third-order valence-corrected chi connectivity index (χ3v) is 5.79. The van der Waals surface area contributed by atoms with Gasteiger partial charge in [-0.05, 0) is 42.3 Å². The van der Waals surface area contributed by atoms with E-state index in [1.165, 1.54) is 11.8 Å². The molecule has 0 spiro atoms. The van der Waals surface area contributed by atoms with Gasteiger partial charge in [0, 0.05) is 18.3 Å². The molecule has 32 heavy (non-hydrogen) atoms. The van der Waals surface area contributed by atoms with Crippen molar-refractivity contribution < 1.29 is 9.59 Å². The number of hydrogen-bond acceptors (Lipinski definition) is 6. The van der Waals surface area contributed by atoms with Crippen LogP contribution in [0.15, 0.2) is 59.8 Å². The molecule has 2 aromatic carbocycles. The SMILES string of the molecule is CC(C)C(NC(=O)c1ccccc1)c1nnc(SCC(=O)Nc2ccc(C#N)cc2)n1C. The standard InChI is InChI=1S/C23H24N6O2S/c1-15(2)20(26-22(31)17-7-5-4-6-8-17)21-27-28-23(29(21)3)32-14-19(30)25-18-11-9-16(13-24)10-12-18/h4-12,15,20H,14H2,1-3H3,(H,25,30)(H,26,31). The summed E-state index contributed by atoms with van der Waals surface area (Å²) in [4.78, 5) is 24.9. The molecule has 0 radical (unpaired) electrons. The van der Waals surface area contributed by atoms with Gasteiger partial charge in [0.25, 0.3) is 5.91 Å². The van der Waals surface area contributed by atoms with Gasteiger partial charge in [0.15, 0.2) is 11.0 Å². The highest BCUT2D eigenvalue weighted by Crippen LogP contribution is 2.24. The average molecular weight is 449 g/mol. The minimum atomic E-state index is -0.331. The van der Waals surface area contributed by atoms with Crippen molar-refractivity contribution in [1.29, 1.82) is 5.26 Å². The Morgan fingerprint density at radius 3 is 2.41 bits per heavy atom. The van der Waals surface area contributed by atoms with Crippen molar-refractivity contribution in [2.75, 3.05) is 11.1 Å². The lowest BCUT2D eigenvalue weighted by Crippen LogP contribution is -2.33. The van der Waals surface area contributed by atoms with Crippen LogP contribution in [0.2, 0.25) is 0 Å². The summed E-state index contributed by atoms with van der Waals surface area (Å²) < 4.78 is 1.80. The average Bonchev–Trinajstić information content (AvgIpc) is 3.16. The number of nitrogens with one attached hydrogen (secondary N) is 2. The van der Waals surface area contributed by atoms with Crippen LogP contribution in [0.25, 0.3) is 0 Å². The quantitative estimate of drug-likeness (QED) is 0.510. The van der Waals surface area contributed by atoms with Gasteiger partial charge in [-0.25, -0.2) is 0 Å². The number of aromatic nitrogens is 3. The summed E-state index contributed by atoms with van der Waals surface area (Å²) in [7, 11) is 1.82. The maximum Gasteiger partial charge on any atom is 0.251 e. The van der Waals surface area contributed by atoms with E-state index in [0.29, 0.717) is 27.8 Å². The number of benzene rings is 2. The van der Waals surface area contributed by atoms with Crippen LogP contribution >= 0.6 is 11.8 Å². The molecule has 2 N–H and O–H groups in total. The van der Waals surface area contributed by atoms with E-state index in [2.05, 4.69) is 20.8 Å². The van der Waals surface area contributed by atoms with E-state index in [1.807, 2.05) is 45.2 Å². The van der Waals surface area contributed by atoms with E-state index >= 15 is 0 Å². The van der Waals surface area contributed by atoms with Gasteiger partial charge >= 0.3 is 0 Å². The van der Waals surface area contributed by atoms with E-state index in [-0.39, 0.29) is 29.5 Å². The molecule has 0 bridgehead atoms. The van der Waals surface area contributed by atoms with Gasteiger partial charge in [-0.3, -0.25) is 9.59 Å². The molecule has 1 aromatic heterocycles. The zero-order chi connectivity index (χ0) is 23.1. The Morgan fingerprint density at radius 2 is 1.78 bits per heavy atom. The number of thioether (sulfide) groups is 1. The molecule has 9 heteroatoms. The second kappa shape index (κ2) is 10.6. The number of hydrogen-bond donors (Lipinski definition) is 2. The molecule has 0 saturated carbocycles. The van der Waals surface area contributed by atoms with Crippen molar-refractivity contribution in [1.82, 2.24) is 20.1 Å². The number of nitrogens with zero attached hydrogens (tertiary/aromatic N) is 4. The Labute approximate surface area is 191 Å². The van der Waals surface area contributed by atoms with Gasteiger partial charge in [-0.15, -0.1) is 10.2 Å². The summed E-state index contributed by atoms with van der Waals surface area (Å²) in [6.45, 7) is 4.00. The first-order chi connectivity index (χ1) is 15.4. The van der Waals surface area contributed by atoms with Gasteiger partial charge in [0.05, 0.1) is 23.4 Å². The number of anilines is 1. The lowest BCUT2D eigenvalue weighted by atomic mass is 10.0. The number of amides is 2. The van der Waals surface area contributed by atoms with E-state index in [9.17, 15) is 9.59 Å². The van der Waals surface area contributed by atoms with Gasteiger partial charge in [-0.2, -0.15) is 5.26 Å². The summed E-state index contributed by atoms with van der Waals surface area (Å²) in [5, 5.41) is 23.7. The molecular formula is C23H24N6O2S. The van der Waals surface area contributed by atoms with Crippen LogP contribution in [0.4, 0.5) is 5.69 Å². The first kappa shape index (κ1) is 23.0. The Bertz CT molecular complexity index is 1120. The van der Waals surface area contributed by atoms with Crippen molar-refractivity contribution in [3.63, 3.8) is 0 Å². The van der Waals surface area contributed by atoms with Gasteiger partial charge in [-0.1, -0.05) is 43.8 Å². The molecule has 0 aliphatic heterocycles. The smallest absolute Gasteiger partial charge is 0.251 e. The highest BCUT2D eigenvalue weighted by molar-refractivity contribution is 7.99. The van der Waals surface area contributed by atoms with Crippen LogP contribution < -0.4 is 10.6 Å². The Morgan fingerprint density at radius 1 is 1.09 bits per heavy atom. The van der Waals surface area contributed by atoms with Crippen LogP contribution in [0, 0.1) is 17.2 Å². The predicted octanol–water partition coefficient (Wildman–Crippen LogP) is 3.54. The molecule has 3 aromatic rings. The van der Waals surface area contributed by atoms with Crippen LogP contribution in [0.3, 0.4) is 0 Å².